The van der Waals surface area contributed by atoms with Gasteiger partial charge in [-0.05, 0) is 44.2 Å². The van der Waals surface area contributed by atoms with Crippen LogP contribution in [0.5, 0.6) is 0 Å². The summed E-state index contributed by atoms with van der Waals surface area (Å²) < 4.78 is 0. The number of likely N-dealkylation sites (N-methyl/N-ethyl adjacent to an activating group) is 1. The van der Waals surface area contributed by atoms with Crippen LogP contribution in [0.2, 0.25) is 0 Å². The largest absolute Gasteiger partial charge is 0.394 e. The lowest BCUT2D eigenvalue weighted by molar-refractivity contribution is 0.135. The van der Waals surface area contributed by atoms with Gasteiger partial charge in [-0.2, -0.15) is 0 Å². The minimum atomic E-state index is -0.174. The number of nitrogens with zero attached hydrogens (tertiary/aromatic N) is 1. The fourth-order valence-electron chi connectivity index (χ4n) is 3.35. The van der Waals surface area contributed by atoms with Gasteiger partial charge in [0.15, 0.2) is 0 Å². The molecule has 1 aliphatic carbocycles. The summed E-state index contributed by atoms with van der Waals surface area (Å²) in [5, 5.41) is 13.8. The summed E-state index contributed by atoms with van der Waals surface area (Å²) in [4.78, 5) is 2.40. The third kappa shape index (κ3) is 3.78. The third-order valence-corrected chi connectivity index (χ3v) is 4.53. The molecule has 1 aliphatic rings. The van der Waals surface area contributed by atoms with Gasteiger partial charge in [0.1, 0.15) is 0 Å². The average molecular weight is 290 g/mol. The van der Waals surface area contributed by atoms with E-state index in [-0.39, 0.29) is 12.1 Å². The van der Waals surface area contributed by atoms with Crippen molar-refractivity contribution in [2.75, 3.05) is 24.6 Å². The Morgan fingerprint density at radius 2 is 2.00 bits per heavy atom. The molecule has 1 saturated carbocycles. The molecular formula is C18H30N2O. The van der Waals surface area contributed by atoms with Crippen LogP contribution < -0.4 is 10.2 Å². The molecular weight excluding hydrogens is 260 g/mol. The molecule has 3 nitrogen and oxygen atoms in total. The van der Waals surface area contributed by atoms with Gasteiger partial charge >= 0.3 is 0 Å². The van der Waals surface area contributed by atoms with Crippen LogP contribution >= 0.6 is 0 Å². The number of hydrogen-bond donors (Lipinski definition) is 2. The summed E-state index contributed by atoms with van der Waals surface area (Å²) >= 11 is 0. The number of nitrogens with one attached hydrogen (secondary N) is 1. The van der Waals surface area contributed by atoms with E-state index in [0.29, 0.717) is 12.0 Å². The predicted molar refractivity (Wildman–Crippen MR) is 89.9 cm³/mol. The maximum Gasteiger partial charge on any atom is 0.0633 e. The molecule has 1 unspecified atom stereocenters. The molecule has 0 saturated heterocycles. The molecule has 0 aliphatic heterocycles. The van der Waals surface area contributed by atoms with Crippen molar-refractivity contribution in [2.45, 2.75) is 52.1 Å². The van der Waals surface area contributed by atoms with E-state index in [0.717, 1.165) is 13.1 Å². The third-order valence-electron chi connectivity index (χ3n) is 4.53. The van der Waals surface area contributed by atoms with Gasteiger partial charge in [0.2, 0.25) is 0 Å². The van der Waals surface area contributed by atoms with E-state index in [1.165, 1.54) is 24.1 Å². The van der Waals surface area contributed by atoms with Crippen molar-refractivity contribution in [3.63, 3.8) is 0 Å². The van der Waals surface area contributed by atoms with E-state index in [4.69, 9.17) is 0 Å². The lowest BCUT2D eigenvalue weighted by atomic mass is 9.91. The van der Waals surface area contributed by atoms with Crippen LogP contribution in [-0.2, 0) is 0 Å². The van der Waals surface area contributed by atoms with E-state index < -0.39 is 0 Å². The Labute approximate surface area is 129 Å². The summed E-state index contributed by atoms with van der Waals surface area (Å²) in [5.41, 5.74) is 2.41. The number of benzene rings is 1. The second-order valence-corrected chi connectivity index (χ2v) is 6.69. The lowest BCUT2D eigenvalue weighted by Gasteiger charge is -2.41. The van der Waals surface area contributed by atoms with Crippen molar-refractivity contribution in [3.8, 4) is 0 Å². The minimum absolute atomic E-state index is 0.174. The summed E-state index contributed by atoms with van der Waals surface area (Å²) in [6.45, 7) is 10.7. The van der Waals surface area contributed by atoms with Gasteiger partial charge in [0.05, 0.1) is 12.1 Å². The molecule has 0 radical (unpaired) electrons. The highest BCUT2D eigenvalue weighted by atomic mass is 16.3. The van der Waals surface area contributed by atoms with Gasteiger partial charge in [0, 0.05) is 24.8 Å². The number of aliphatic hydroxyl groups is 1. The van der Waals surface area contributed by atoms with Crippen LogP contribution in [0.1, 0.15) is 39.2 Å². The molecule has 3 heteroatoms. The van der Waals surface area contributed by atoms with E-state index in [9.17, 15) is 5.11 Å². The van der Waals surface area contributed by atoms with Gasteiger partial charge in [-0.3, -0.25) is 0 Å². The maximum atomic E-state index is 10.1. The Kier molecular flexibility index (Phi) is 5.28. The quantitative estimate of drug-likeness (QED) is 0.772. The fraction of sp³-hybridized carbons (Fsp3) is 0.667. The van der Waals surface area contributed by atoms with Crippen molar-refractivity contribution in [2.24, 2.45) is 5.92 Å². The standard InChI is InChI=1S/C18H30N2O/c1-5-20(17-9-7-6-8-15(17)4)12-18(13-21,16-10-11-16)19-14(2)3/h6-9,14,16,19,21H,5,10-13H2,1-4H3. The van der Waals surface area contributed by atoms with E-state index >= 15 is 0 Å². The second-order valence-electron chi connectivity index (χ2n) is 6.69. The zero-order valence-corrected chi connectivity index (χ0v) is 13.9. The molecule has 1 atom stereocenters. The van der Waals surface area contributed by atoms with Crippen molar-refractivity contribution < 1.29 is 5.11 Å². The normalized spacial score (nSPS) is 17.8. The Bertz CT molecular complexity index is 456. The van der Waals surface area contributed by atoms with Crippen LogP contribution in [0.4, 0.5) is 5.69 Å². The SMILES string of the molecule is CCN(CC(CO)(NC(C)C)C1CC1)c1ccccc1C. The molecule has 1 fully saturated rings. The Morgan fingerprint density at radius 3 is 2.48 bits per heavy atom. The second kappa shape index (κ2) is 6.80. The molecule has 118 valence electrons. The van der Waals surface area contributed by atoms with Gasteiger partial charge in [-0.15, -0.1) is 0 Å². The van der Waals surface area contributed by atoms with Crippen LogP contribution in [0.3, 0.4) is 0 Å². The smallest absolute Gasteiger partial charge is 0.0633 e. The maximum absolute atomic E-state index is 10.1. The Hall–Kier alpha value is -1.06. The number of para-hydroxylation sites is 1. The van der Waals surface area contributed by atoms with Gasteiger partial charge in [-0.25, -0.2) is 0 Å². The molecule has 2 N–H and O–H groups in total. The Balaban J connectivity index is 2.23. The van der Waals surface area contributed by atoms with E-state index in [1.807, 2.05) is 0 Å². The monoisotopic (exact) mass is 290 g/mol. The minimum Gasteiger partial charge on any atom is -0.394 e. The molecule has 0 aromatic heterocycles. The fourth-order valence-corrected chi connectivity index (χ4v) is 3.35. The highest BCUT2D eigenvalue weighted by Gasteiger charge is 2.46. The first-order valence-corrected chi connectivity index (χ1v) is 8.21. The van der Waals surface area contributed by atoms with Gasteiger partial charge in [0.25, 0.3) is 0 Å². The first-order valence-electron chi connectivity index (χ1n) is 8.21. The van der Waals surface area contributed by atoms with Crippen LogP contribution in [0, 0.1) is 12.8 Å². The van der Waals surface area contributed by atoms with Crippen molar-refractivity contribution in [1.29, 1.82) is 0 Å². The van der Waals surface area contributed by atoms with Crippen LogP contribution in [0.25, 0.3) is 0 Å². The number of anilines is 1. The zero-order valence-electron chi connectivity index (χ0n) is 13.9. The van der Waals surface area contributed by atoms with Crippen molar-refractivity contribution in [3.05, 3.63) is 29.8 Å². The molecule has 0 spiro atoms. The van der Waals surface area contributed by atoms with E-state index in [1.54, 1.807) is 0 Å². The topological polar surface area (TPSA) is 35.5 Å². The van der Waals surface area contributed by atoms with Gasteiger partial charge in [-0.1, -0.05) is 32.0 Å². The summed E-state index contributed by atoms with van der Waals surface area (Å²) in [7, 11) is 0. The molecule has 0 amide bonds. The number of rotatable bonds is 8. The number of hydrogen-bond acceptors (Lipinski definition) is 3. The molecule has 1 aromatic carbocycles. The summed E-state index contributed by atoms with van der Waals surface area (Å²) in [5.74, 6) is 0.600. The molecule has 0 bridgehead atoms. The van der Waals surface area contributed by atoms with Crippen LogP contribution in [-0.4, -0.2) is 36.4 Å². The predicted octanol–water partition coefficient (Wildman–Crippen LogP) is 2.96. The van der Waals surface area contributed by atoms with Crippen molar-refractivity contribution in [1.82, 2.24) is 5.32 Å². The Morgan fingerprint density at radius 1 is 1.33 bits per heavy atom. The zero-order chi connectivity index (χ0) is 15.5. The highest BCUT2D eigenvalue weighted by molar-refractivity contribution is 5.53. The first-order chi connectivity index (χ1) is 10.0. The molecule has 21 heavy (non-hydrogen) atoms. The lowest BCUT2D eigenvalue weighted by Crippen LogP contribution is -2.60. The first kappa shape index (κ1) is 16.3. The molecule has 2 rings (SSSR count). The van der Waals surface area contributed by atoms with E-state index in [2.05, 4.69) is 62.2 Å². The molecule has 1 aromatic rings. The molecule has 0 heterocycles. The summed E-state index contributed by atoms with van der Waals surface area (Å²) in [6, 6.07) is 8.90. The average Bonchev–Trinajstić information content (AvgIpc) is 3.29. The van der Waals surface area contributed by atoms with Gasteiger partial charge < -0.3 is 15.3 Å². The number of aryl methyl sites for hydroxylation is 1. The number of aliphatic hydroxyl groups excluding tert-OH is 1. The van der Waals surface area contributed by atoms with Crippen LogP contribution in [0.15, 0.2) is 24.3 Å². The van der Waals surface area contributed by atoms with Crippen molar-refractivity contribution >= 4 is 5.69 Å². The highest BCUT2D eigenvalue weighted by Crippen LogP contribution is 2.41. The summed E-state index contributed by atoms with van der Waals surface area (Å²) in [6.07, 6.45) is 2.46.